The molecule has 112 valence electrons. The third kappa shape index (κ3) is 4.09. The third-order valence-corrected chi connectivity index (χ3v) is 2.83. The average molecular weight is 304 g/mol. The van der Waals surface area contributed by atoms with E-state index >= 15 is 0 Å². The molecule has 0 bridgehead atoms. The summed E-state index contributed by atoms with van der Waals surface area (Å²) in [5, 5.41) is 12.4. The average Bonchev–Trinajstić information content (AvgIpc) is 2.51. The Balaban J connectivity index is 2.03. The summed E-state index contributed by atoms with van der Waals surface area (Å²) in [5.41, 5.74) is 0.365. The third-order valence-electron chi connectivity index (χ3n) is 2.83. The Morgan fingerprint density at radius 3 is 2.64 bits per heavy atom. The molecule has 6 heteroatoms. The van der Waals surface area contributed by atoms with E-state index < -0.39 is 11.7 Å². The summed E-state index contributed by atoms with van der Waals surface area (Å²) in [6.45, 7) is -0.288. The van der Waals surface area contributed by atoms with E-state index in [1.807, 2.05) is 6.07 Å². The highest BCUT2D eigenvalue weighted by atomic mass is 19.4. The summed E-state index contributed by atoms with van der Waals surface area (Å²) >= 11 is 0. The number of hydrogen-bond donors (Lipinski definition) is 0. The van der Waals surface area contributed by atoms with Crippen LogP contribution < -0.4 is 0 Å². The molecule has 0 unspecified atom stereocenters. The van der Waals surface area contributed by atoms with E-state index in [-0.39, 0.29) is 12.2 Å². The predicted octanol–water partition coefficient (Wildman–Crippen LogP) is 4.13. The van der Waals surface area contributed by atoms with E-state index in [4.69, 9.17) is 10.1 Å². The largest absolute Gasteiger partial charge is 0.416 e. The lowest BCUT2D eigenvalue weighted by molar-refractivity contribution is -0.138. The number of hydrogen-bond acceptors (Lipinski definition) is 3. The first-order valence-electron chi connectivity index (χ1n) is 6.31. The van der Waals surface area contributed by atoms with Gasteiger partial charge in [0.1, 0.15) is 6.61 Å². The number of nitriles is 1. The molecule has 0 amide bonds. The van der Waals surface area contributed by atoms with Crippen molar-refractivity contribution in [2.75, 3.05) is 0 Å². The van der Waals surface area contributed by atoms with Gasteiger partial charge in [0.05, 0.1) is 23.4 Å². The number of halogens is 3. The summed E-state index contributed by atoms with van der Waals surface area (Å²) in [7, 11) is 0. The molecule has 0 N–H and O–H groups in total. The molecule has 0 aliphatic heterocycles. The van der Waals surface area contributed by atoms with Gasteiger partial charge in [-0.3, -0.25) is 0 Å². The minimum atomic E-state index is -4.43. The molecule has 0 fully saturated rings. The zero-order valence-electron chi connectivity index (χ0n) is 11.3. The smallest absolute Gasteiger partial charge is 0.391 e. The minimum Gasteiger partial charge on any atom is -0.391 e. The fourth-order valence-electron chi connectivity index (χ4n) is 1.82. The fourth-order valence-corrected chi connectivity index (χ4v) is 1.82. The first-order chi connectivity index (χ1) is 10.5. The lowest BCUT2D eigenvalue weighted by atomic mass is 10.1. The van der Waals surface area contributed by atoms with Gasteiger partial charge >= 0.3 is 6.18 Å². The second kappa shape index (κ2) is 6.76. The standard InChI is InChI=1S/C16H11F3N2O/c17-16(18,19)15-7-2-1-6-14(15)11-22-21-10-13-5-3-4-12(8-13)9-20/h1-8,10H,11H2. The van der Waals surface area contributed by atoms with Gasteiger partial charge in [0.25, 0.3) is 0 Å². The van der Waals surface area contributed by atoms with Crippen LogP contribution in [0.1, 0.15) is 22.3 Å². The lowest BCUT2D eigenvalue weighted by Crippen LogP contribution is -2.09. The summed E-state index contributed by atoms with van der Waals surface area (Å²) in [5.74, 6) is 0. The van der Waals surface area contributed by atoms with E-state index in [0.717, 1.165) is 6.07 Å². The number of rotatable bonds is 4. The molecule has 0 radical (unpaired) electrons. The maximum atomic E-state index is 12.8. The van der Waals surface area contributed by atoms with Crippen LogP contribution >= 0.6 is 0 Å². The van der Waals surface area contributed by atoms with Gasteiger partial charge in [0.15, 0.2) is 0 Å². The molecule has 0 heterocycles. The van der Waals surface area contributed by atoms with Crippen LogP contribution in [0.25, 0.3) is 0 Å². The highest BCUT2D eigenvalue weighted by molar-refractivity contribution is 5.79. The van der Waals surface area contributed by atoms with Gasteiger partial charge in [0, 0.05) is 5.56 Å². The summed E-state index contributed by atoms with van der Waals surface area (Å²) in [4.78, 5) is 4.92. The molecule has 3 nitrogen and oxygen atoms in total. The molecule has 0 aliphatic carbocycles. The van der Waals surface area contributed by atoms with Gasteiger partial charge in [-0.05, 0) is 23.8 Å². The molecule has 0 aliphatic rings. The van der Waals surface area contributed by atoms with Crippen LogP contribution in [0.5, 0.6) is 0 Å². The molecular weight excluding hydrogens is 293 g/mol. The van der Waals surface area contributed by atoms with Crippen molar-refractivity contribution >= 4 is 6.21 Å². The molecule has 2 rings (SSSR count). The number of alkyl halides is 3. The van der Waals surface area contributed by atoms with Gasteiger partial charge in [0.2, 0.25) is 0 Å². The molecule has 0 spiro atoms. The molecule has 22 heavy (non-hydrogen) atoms. The van der Waals surface area contributed by atoms with Crippen molar-refractivity contribution in [1.29, 1.82) is 5.26 Å². The van der Waals surface area contributed by atoms with Crippen LogP contribution in [0, 0.1) is 11.3 Å². The Morgan fingerprint density at radius 1 is 1.14 bits per heavy atom. The molecule has 0 aromatic heterocycles. The van der Waals surface area contributed by atoms with E-state index in [1.165, 1.54) is 24.4 Å². The Hall–Kier alpha value is -2.81. The Kier molecular flexibility index (Phi) is 4.79. The summed E-state index contributed by atoms with van der Waals surface area (Å²) in [6.07, 6.45) is -3.08. The van der Waals surface area contributed by atoms with Crippen molar-refractivity contribution in [2.24, 2.45) is 5.16 Å². The minimum absolute atomic E-state index is 0.0120. The molecule has 0 saturated carbocycles. The monoisotopic (exact) mass is 304 g/mol. The SMILES string of the molecule is N#Cc1cccc(C=NOCc2ccccc2C(F)(F)F)c1. The highest BCUT2D eigenvalue weighted by Crippen LogP contribution is 2.32. The Labute approximate surface area is 125 Å². The molecule has 0 atom stereocenters. The second-order valence-corrected chi connectivity index (χ2v) is 4.40. The van der Waals surface area contributed by atoms with Crippen molar-refractivity contribution < 1.29 is 18.0 Å². The lowest BCUT2D eigenvalue weighted by Gasteiger charge is -2.11. The van der Waals surface area contributed by atoms with Crippen LogP contribution in [0.4, 0.5) is 13.2 Å². The zero-order valence-corrected chi connectivity index (χ0v) is 11.3. The van der Waals surface area contributed by atoms with Crippen molar-refractivity contribution in [2.45, 2.75) is 12.8 Å². The van der Waals surface area contributed by atoms with E-state index in [0.29, 0.717) is 11.1 Å². The maximum absolute atomic E-state index is 12.8. The molecular formula is C16H11F3N2O. The molecule has 2 aromatic carbocycles. The van der Waals surface area contributed by atoms with Crippen LogP contribution in [0.15, 0.2) is 53.7 Å². The maximum Gasteiger partial charge on any atom is 0.416 e. The van der Waals surface area contributed by atoms with Crippen LogP contribution in [0.2, 0.25) is 0 Å². The van der Waals surface area contributed by atoms with Crippen LogP contribution in [-0.4, -0.2) is 6.21 Å². The van der Waals surface area contributed by atoms with Gasteiger partial charge in [-0.15, -0.1) is 0 Å². The van der Waals surface area contributed by atoms with E-state index in [9.17, 15) is 13.2 Å². The van der Waals surface area contributed by atoms with E-state index in [1.54, 1.807) is 24.3 Å². The van der Waals surface area contributed by atoms with Crippen LogP contribution in [0.3, 0.4) is 0 Å². The molecule has 0 saturated heterocycles. The van der Waals surface area contributed by atoms with Crippen molar-refractivity contribution in [1.82, 2.24) is 0 Å². The predicted molar refractivity (Wildman–Crippen MR) is 75.0 cm³/mol. The first-order valence-corrected chi connectivity index (χ1v) is 6.31. The topological polar surface area (TPSA) is 45.4 Å². The second-order valence-electron chi connectivity index (χ2n) is 4.40. The van der Waals surface area contributed by atoms with Crippen LogP contribution in [-0.2, 0) is 17.6 Å². The van der Waals surface area contributed by atoms with Gasteiger partial charge in [-0.2, -0.15) is 18.4 Å². The number of benzene rings is 2. The molecule has 2 aromatic rings. The zero-order chi connectivity index (χ0) is 16.0. The normalized spacial score (nSPS) is 11.4. The summed E-state index contributed by atoms with van der Waals surface area (Å²) in [6, 6.07) is 13.8. The van der Waals surface area contributed by atoms with Crippen molar-refractivity contribution in [3.05, 3.63) is 70.8 Å². The van der Waals surface area contributed by atoms with E-state index in [2.05, 4.69) is 5.16 Å². The van der Waals surface area contributed by atoms with Gasteiger partial charge in [-0.1, -0.05) is 35.5 Å². The van der Waals surface area contributed by atoms with Gasteiger partial charge < -0.3 is 4.84 Å². The number of nitrogens with zero attached hydrogens (tertiary/aromatic N) is 2. The van der Waals surface area contributed by atoms with Gasteiger partial charge in [-0.25, -0.2) is 0 Å². The number of oxime groups is 1. The highest BCUT2D eigenvalue weighted by Gasteiger charge is 2.32. The Morgan fingerprint density at radius 2 is 1.91 bits per heavy atom. The fraction of sp³-hybridized carbons (Fsp3) is 0.125. The van der Waals surface area contributed by atoms with Crippen molar-refractivity contribution in [3.63, 3.8) is 0 Å². The quantitative estimate of drug-likeness (QED) is 0.630. The summed E-state index contributed by atoms with van der Waals surface area (Å²) < 4.78 is 38.3. The Bertz CT molecular complexity index is 718. The van der Waals surface area contributed by atoms with Crippen molar-refractivity contribution in [3.8, 4) is 6.07 Å². The first kappa shape index (κ1) is 15.6.